The Morgan fingerprint density at radius 1 is 1.06 bits per heavy atom. The third-order valence-electron chi connectivity index (χ3n) is 5.82. The SMILES string of the molecule is O=C1C(=O)N(CC2CCCO2)C(c2ccc(O)cc2)/C1=C(/O)c1ccc2c(c1)OCO2. The lowest BCUT2D eigenvalue weighted by molar-refractivity contribution is -0.140. The second-order valence-corrected chi connectivity index (χ2v) is 7.75. The zero-order chi connectivity index (χ0) is 21.5. The van der Waals surface area contributed by atoms with Crippen LogP contribution in [0.3, 0.4) is 0 Å². The van der Waals surface area contributed by atoms with E-state index in [1.54, 1.807) is 30.3 Å². The lowest BCUT2D eigenvalue weighted by atomic mass is 9.95. The molecule has 0 aromatic heterocycles. The first-order valence-electron chi connectivity index (χ1n) is 10.1. The van der Waals surface area contributed by atoms with Crippen molar-refractivity contribution in [3.8, 4) is 17.2 Å². The zero-order valence-corrected chi connectivity index (χ0v) is 16.6. The molecule has 2 N–H and O–H groups in total. The van der Waals surface area contributed by atoms with Crippen molar-refractivity contribution in [2.75, 3.05) is 19.9 Å². The first kappa shape index (κ1) is 19.4. The van der Waals surface area contributed by atoms with E-state index in [4.69, 9.17) is 14.2 Å². The second-order valence-electron chi connectivity index (χ2n) is 7.75. The van der Waals surface area contributed by atoms with Crippen LogP contribution in [0.4, 0.5) is 0 Å². The van der Waals surface area contributed by atoms with Crippen LogP contribution in [-0.4, -0.2) is 52.9 Å². The maximum absolute atomic E-state index is 13.0. The van der Waals surface area contributed by atoms with Crippen LogP contribution in [0, 0.1) is 0 Å². The predicted molar refractivity (Wildman–Crippen MR) is 109 cm³/mol. The highest BCUT2D eigenvalue weighted by Crippen LogP contribution is 2.42. The summed E-state index contributed by atoms with van der Waals surface area (Å²) in [5.74, 6) is -0.661. The summed E-state index contributed by atoms with van der Waals surface area (Å²) < 4.78 is 16.4. The number of amides is 1. The molecule has 0 saturated carbocycles. The summed E-state index contributed by atoms with van der Waals surface area (Å²) >= 11 is 0. The van der Waals surface area contributed by atoms with Gasteiger partial charge in [0, 0.05) is 18.7 Å². The molecular weight excluding hydrogens is 402 g/mol. The minimum Gasteiger partial charge on any atom is -0.508 e. The molecule has 0 bridgehead atoms. The number of ether oxygens (including phenoxy) is 3. The summed E-state index contributed by atoms with van der Waals surface area (Å²) in [6.45, 7) is 0.947. The highest BCUT2D eigenvalue weighted by Gasteiger charge is 2.47. The standard InChI is InChI=1S/C23H21NO7/c25-15-6-3-13(4-7-15)20-19(21(26)14-5-8-17-18(10-14)31-12-30-17)22(27)23(28)24(20)11-16-2-1-9-29-16/h3-8,10,16,20,25-26H,1-2,9,11-12H2/b21-19-. The normalized spacial score (nSPS) is 24.2. The van der Waals surface area contributed by atoms with Crippen LogP contribution in [0.1, 0.15) is 30.0 Å². The smallest absolute Gasteiger partial charge is 0.295 e. The monoisotopic (exact) mass is 423 g/mol. The Morgan fingerprint density at radius 3 is 2.58 bits per heavy atom. The highest BCUT2D eigenvalue weighted by molar-refractivity contribution is 6.46. The molecule has 8 nitrogen and oxygen atoms in total. The van der Waals surface area contributed by atoms with E-state index < -0.39 is 17.7 Å². The Hall–Kier alpha value is -3.52. The van der Waals surface area contributed by atoms with Gasteiger partial charge in [0.15, 0.2) is 11.5 Å². The maximum Gasteiger partial charge on any atom is 0.295 e. The van der Waals surface area contributed by atoms with Gasteiger partial charge in [-0.15, -0.1) is 0 Å². The van der Waals surface area contributed by atoms with E-state index in [1.165, 1.54) is 17.0 Å². The van der Waals surface area contributed by atoms with Crippen molar-refractivity contribution in [1.29, 1.82) is 0 Å². The maximum atomic E-state index is 13.0. The fourth-order valence-corrected chi connectivity index (χ4v) is 4.28. The van der Waals surface area contributed by atoms with Gasteiger partial charge in [0.2, 0.25) is 6.79 Å². The van der Waals surface area contributed by atoms with E-state index >= 15 is 0 Å². The molecule has 8 heteroatoms. The van der Waals surface area contributed by atoms with E-state index in [1.807, 2.05) is 0 Å². The quantitative estimate of drug-likeness (QED) is 0.443. The molecule has 2 saturated heterocycles. The molecule has 3 aliphatic heterocycles. The summed E-state index contributed by atoms with van der Waals surface area (Å²) in [6.07, 6.45) is 1.53. The third kappa shape index (κ3) is 3.38. The van der Waals surface area contributed by atoms with Crippen molar-refractivity contribution < 1.29 is 34.0 Å². The van der Waals surface area contributed by atoms with Gasteiger partial charge >= 0.3 is 0 Å². The molecule has 2 atom stereocenters. The number of nitrogens with zero attached hydrogens (tertiary/aromatic N) is 1. The summed E-state index contributed by atoms with van der Waals surface area (Å²) in [5, 5.41) is 20.8. The number of rotatable bonds is 4. The van der Waals surface area contributed by atoms with Crippen molar-refractivity contribution in [3.05, 3.63) is 59.2 Å². The molecule has 160 valence electrons. The number of fused-ring (bicyclic) bond motifs is 1. The van der Waals surface area contributed by atoms with Crippen molar-refractivity contribution in [2.24, 2.45) is 0 Å². The fourth-order valence-electron chi connectivity index (χ4n) is 4.28. The van der Waals surface area contributed by atoms with Crippen molar-refractivity contribution in [1.82, 2.24) is 4.90 Å². The number of aromatic hydroxyl groups is 1. The van der Waals surface area contributed by atoms with E-state index in [0.717, 1.165) is 12.8 Å². The first-order valence-corrected chi connectivity index (χ1v) is 10.1. The number of likely N-dealkylation sites (tertiary alicyclic amines) is 1. The number of benzene rings is 2. The van der Waals surface area contributed by atoms with Crippen LogP contribution < -0.4 is 9.47 Å². The van der Waals surface area contributed by atoms with Crippen LogP contribution in [0.5, 0.6) is 17.2 Å². The van der Waals surface area contributed by atoms with Crippen molar-refractivity contribution in [2.45, 2.75) is 25.0 Å². The zero-order valence-electron chi connectivity index (χ0n) is 16.6. The Labute approximate surface area is 178 Å². The molecule has 0 spiro atoms. The number of ketones is 1. The fraction of sp³-hybridized carbons (Fsp3) is 0.304. The molecule has 0 aliphatic carbocycles. The Morgan fingerprint density at radius 2 is 1.84 bits per heavy atom. The van der Waals surface area contributed by atoms with Gasteiger partial charge in [-0.3, -0.25) is 9.59 Å². The van der Waals surface area contributed by atoms with Crippen LogP contribution in [0.2, 0.25) is 0 Å². The van der Waals surface area contributed by atoms with Gasteiger partial charge < -0.3 is 29.3 Å². The number of carbonyl (C=O) groups excluding carboxylic acids is 2. The van der Waals surface area contributed by atoms with Crippen LogP contribution in [0.25, 0.3) is 5.76 Å². The lowest BCUT2D eigenvalue weighted by Crippen LogP contribution is -2.36. The summed E-state index contributed by atoms with van der Waals surface area (Å²) in [6, 6.07) is 10.3. The third-order valence-corrected chi connectivity index (χ3v) is 5.82. The number of aliphatic hydroxyl groups is 1. The first-order chi connectivity index (χ1) is 15.0. The average molecular weight is 423 g/mol. The van der Waals surface area contributed by atoms with Gasteiger partial charge in [-0.05, 0) is 48.7 Å². The number of phenolic OH excluding ortho intramolecular Hbond substituents is 1. The van der Waals surface area contributed by atoms with Gasteiger partial charge in [-0.1, -0.05) is 12.1 Å². The van der Waals surface area contributed by atoms with E-state index in [9.17, 15) is 19.8 Å². The number of hydrogen-bond acceptors (Lipinski definition) is 7. The highest BCUT2D eigenvalue weighted by atomic mass is 16.7. The Bertz CT molecular complexity index is 1070. The largest absolute Gasteiger partial charge is 0.508 e. The molecule has 3 aliphatic rings. The molecule has 1 amide bonds. The minimum absolute atomic E-state index is 0.00690. The Balaban J connectivity index is 1.60. The van der Waals surface area contributed by atoms with Crippen molar-refractivity contribution >= 4 is 17.4 Å². The summed E-state index contributed by atoms with van der Waals surface area (Å²) in [5.41, 5.74) is 0.952. The Kier molecular flexibility index (Phi) is 4.78. The molecule has 2 aromatic carbocycles. The van der Waals surface area contributed by atoms with Gasteiger partial charge in [0.1, 0.15) is 11.5 Å². The minimum atomic E-state index is -0.796. The van der Waals surface area contributed by atoms with Crippen LogP contribution in [-0.2, 0) is 14.3 Å². The lowest BCUT2D eigenvalue weighted by Gasteiger charge is -2.27. The number of aliphatic hydroxyl groups excluding tert-OH is 1. The van der Waals surface area contributed by atoms with E-state index in [-0.39, 0.29) is 36.5 Å². The molecule has 5 rings (SSSR count). The van der Waals surface area contributed by atoms with E-state index in [0.29, 0.717) is 29.2 Å². The van der Waals surface area contributed by atoms with Crippen molar-refractivity contribution in [3.63, 3.8) is 0 Å². The number of hydrogen-bond donors (Lipinski definition) is 2. The topological polar surface area (TPSA) is 106 Å². The molecule has 2 fully saturated rings. The summed E-state index contributed by atoms with van der Waals surface area (Å²) in [4.78, 5) is 27.4. The second kappa shape index (κ2) is 7.63. The molecular formula is C23H21NO7. The van der Waals surface area contributed by atoms with Gasteiger partial charge in [-0.25, -0.2) is 0 Å². The number of carbonyl (C=O) groups is 2. The van der Waals surface area contributed by atoms with Gasteiger partial charge in [0.25, 0.3) is 11.7 Å². The molecule has 31 heavy (non-hydrogen) atoms. The van der Waals surface area contributed by atoms with Gasteiger partial charge in [-0.2, -0.15) is 0 Å². The number of Topliss-reactive ketones (excluding diaryl/α,β-unsaturated/α-hetero) is 1. The molecule has 2 aromatic rings. The predicted octanol–water partition coefficient (Wildman–Crippen LogP) is 2.72. The number of phenols is 1. The molecule has 2 unspecified atom stereocenters. The molecule has 0 radical (unpaired) electrons. The average Bonchev–Trinajstić information content (AvgIpc) is 3.51. The van der Waals surface area contributed by atoms with Crippen LogP contribution >= 0.6 is 0 Å². The van der Waals surface area contributed by atoms with E-state index in [2.05, 4.69) is 0 Å². The van der Waals surface area contributed by atoms with Crippen LogP contribution in [0.15, 0.2) is 48.0 Å². The van der Waals surface area contributed by atoms with Gasteiger partial charge in [0.05, 0.1) is 17.7 Å². The summed E-state index contributed by atoms with van der Waals surface area (Å²) in [7, 11) is 0. The molecule has 3 heterocycles.